The van der Waals surface area contributed by atoms with Crippen LogP contribution >= 0.6 is 0 Å². The van der Waals surface area contributed by atoms with Crippen LogP contribution < -0.4 is 4.74 Å². The van der Waals surface area contributed by atoms with Gasteiger partial charge in [-0.25, -0.2) is 4.39 Å². The zero-order chi connectivity index (χ0) is 12.6. The van der Waals surface area contributed by atoms with Gasteiger partial charge in [0.25, 0.3) is 0 Å². The Labute approximate surface area is 106 Å². The molecule has 0 spiro atoms. The van der Waals surface area contributed by atoms with Crippen molar-refractivity contribution in [1.82, 2.24) is 0 Å². The molecule has 0 saturated heterocycles. The molecule has 0 amide bonds. The highest BCUT2D eigenvalue weighted by Crippen LogP contribution is 2.44. The number of nitrogens with zero attached hydrogens (tertiary/aromatic N) is 1. The summed E-state index contributed by atoms with van der Waals surface area (Å²) in [6, 6.07) is 7.15. The third-order valence-electron chi connectivity index (χ3n) is 4.18. The van der Waals surface area contributed by atoms with Gasteiger partial charge in [0.1, 0.15) is 17.7 Å². The zero-order valence-electron chi connectivity index (χ0n) is 10.3. The van der Waals surface area contributed by atoms with Gasteiger partial charge in [-0.2, -0.15) is 5.26 Å². The maximum Gasteiger partial charge on any atom is 0.123 e. The third kappa shape index (κ3) is 1.96. The van der Waals surface area contributed by atoms with Crippen LogP contribution in [0.25, 0.3) is 0 Å². The van der Waals surface area contributed by atoms with E-state index >= 15 is 0 Å². The van der Waals surface area contributed by atoms with Gasteiger partial charge in [-0.05, 0) is 31.0 Å². The van der Waals surface area contributed by atoms with E-state index in [-0.39, 0.29) is 17.3 Å². The van der Waals surface area contributed by atoms with E-state index in [1.807, 2.05) is 0 Å². The molecule has 0 bridgehead atoms. The van der Waals surface area contributed by atoms with Crippen LogP contribution in [-0.4, -0.2) is 6.10 Å². The van der Waals surface area contributed by atoms with Gasteiger partial charge in [0.05, 0.1) is 11.5 Å². The first-order valence-corrected chi connectivity index (χ1v) is 6.57. The predicted octanol–water partition coefficient (Wildman–Crippen LogP) is 3.60. The maximum atomic E-state index is 13.1. The Morgan fingerprint density at radius 1 is 1.39 bits per heavy atom. The molecule has 94 valence electrons. The summed E-state index contributed by atoms with van der Waals surface area (Å²) in [6.45, 7) is 0. The fourth-order valence-corrected chi connectivity index (χ4v) is 3.25. The first-order valence-electron chi connectivity index (χ1n) is 6.57. The molecule has 18 heavy (non-hydrogen) atoms. The second-order valence-corrected chi connectivity index (χ2v) is 5.50. The third-order valence-corrected chi connectivity index (χ3v) is 4.18. The smallest absolute Gasteiger partial charge is 0.123 e. The summed E-state index contributed by atoms with van der Waals surface area (Å²) in [5, 5.41) is 9.37. The minimum absolute atomic E-state index is 0.0412. The Hall–Kier alpha value is -1.56. The molecule has 0 radical (unpaired) electrons. The standard InChI is InChI=1S/C15H16FNO/c16-12-3-4-14-11(7-12)8-13(18-14)9-15(10-17)5-1-2-6-15/h3-4,7,13H,1-2,5-6,8-9H2. The van der Waals surface area contributed by atoms with E-state index in [4.69, 9.17) is 4.74 Å². The van der Waals surface area contributed by atoms with Crippen molar-refractivity contribution in [2.24, 2.45) is 5.41 Å². The first kappa shape index (κ1) is 11.5. The van der Waals surface area contributed by atoms with Crippen LogP contribution in [0.1, 0.15) is 37.7 Å². The molecule has 1 aliphatic heterocycles. The van der Waals surface area contributed by atoms with Gasteiger partial charge in [-0.3, -0.25) is 0 Å². The molecule has 2 aliphatic rings. The Bertz CT molecular complexity index is 500. The van der Waals surface area contributed by atoms with Crippen molar-refractivity contribution < 1.29 is 9.13 Å². The highest BCUT2D eigenvalue weighted by Gasteiger charge is 2.38. The minimum Gasteiger partial charge on any atom is -0.490 e. The Morgan fingerprint density at radius 3 is 2.89 bits per heavy atom. The van der Waals surface area contributed by atoms with E-state index in [0.717, 1.165) is 49.8 Å². The summed E-state index contributed by atoms with van der Waals surface area (Å²) < 4.78 is 19.0. The Kier molecular flexibility index (Phi) is 2.74. The number of hydrogen-bond donors (Lipinski definition) is 0. The lowest BCUT2D eigenvalue weighted by atomic mass is 9.81. The summed E-state index contributed by atoms with van der Waals surface area (Å²) in [7, 11) is 0. The van der Waals surface area contributed by atoms with Crippen LogP contribution in [0, 0.1) is 22.6 Å². The van der Waals surface area contributed by atoms with Crippen LogP contribution in [0.15, 0.2) is 18.2 Å². The van der Waals surface area contributed by atoms with Crippen LogP contribution in [0.3, 0.4) is 0 Å². The molecule has 1 unspecified atom stereocenters. The van der Waals surface area contributed by atoms with E-state index in [1.165, 1.54) is 6.07 Å². The highest BCUT2D eigenvalue weighted by molar-refractivity contribution is 5.38. The zero-order valence-corrected chi connectivity index (χ0v) is 10.3. The van der Waals surface area contributed by atoms with Crippen molar-refractivity contribution in [3.8, 4) is 11.8 Å². The fourth-order valence-electron chi connectivity index (χ4n) is 3.25. The summed E-state index contributed by atoms with van der Waals surface area (Å²) >= 11 is 0. The summed E-state index contributed by atoms with van der Waals surface area (Å²) in [5.41, 5.74) is 0.733. The molecule has 1 heterocycles. The lowest BCUT2D eigenvalue weighted by Crippen LogP contribution is -2.25. The average Bonchev–Trinajstić information content (AvgIpc) is 2.96. The summed E-state index contributed by atoms with van der Waals surface area (Å²) in [6.07, 6.45) is 5.79. The molecule has 1 aromatic rings. The summed E-state index contributed by atoms with van der Waals surface area (Å²) in [4.78, 5) is 0. The van der Waals surface area contributed by atoms with Crippen molar-refractivity contribution >= 4 is 0 Å². The number of ether oxygens (including phenoxy) is 1. The van der Waals surface area contributed by atoms with Crippen LogP contribution in [0.5, 0.6) is 5.75 Å². The second-order valence-electron chi connectivity index (χ2n) is 5.50. The number of halogens is 1. The van der Waals surface area contributed by atoms with E-state index < -0.39 is 0 Å². The molecule has 1 aliphatic carbocycles. The molecule has 0 aromatic heterocycles. The molecule has 3 rings (SSSR count). The molecule has 2 nitrogen and oxygen atoms in total. The second kappa shape index (κ2) is 4.28. The van der Waals surface area contributed by atoms with Gasteiger partial charge in [0, 0.05) is 18.4 Å². The van der Waals surface area contributed by atoms with Crippen molar-refractivity contribution in [1.29, 1.82) is 5.26 Å². The van der Waals surface area contributed by atoms with Gasteiger partial charge in [-0.1, -0.05) is 12.8 Å². The van der Waals surface area contributed by atoms with Gasteiger partial charge < -0.3 is 4.74 Å². The highest BCUT2D eigenvalue weighted by atomic mass is 19.1. The van der Waals surface area contributed by atoms with E-state index in [1.54, 1.807) is 12.1 Å². The predicted molar refractivity (Wildman–Crippen MR) is 65.7 cm³/mol. The monoisotopic (exact) mass is 245 g/mol. The number of hydrogen-bond acceptors (Lipinski definition) is 2. The van der Waals surface area contributed by atoms with Crippen molar-refractivity contribution in [2.45, 2.75) is 44.6 Å². The Balaban J connectivity index is 1.73. The van der Waals surface area contributed by atoms with Gasteiger partial charge >= 0.3 is 0 Å². The van der Waals surface area contributed by atoms with Gasteiger partial charge in [0.2, 0.25) is 0 Å². The van der Waals surface area contributed by atoms with Crippen molar-refractivity contribution in [3.05, 3.63) is 29.6 Å². The molecule has 1 saturated carbocycles. The largest absolute Gasteiger partial charge is 0.490 e. The van der Waals surface area contributed by atoms with E-state index in [9.17, 15) is 9.65 Å². The lowest BCUT2D eigenvalue weighted by molar-refractivity contribution is 0.169. The normalized spacial score (nSPS) is 24.3. The minimum atomic E-state index is -0.214. The Morgan fingerprint density at radius 2 is 2.17 bits per heavy atom. The van der Waals surface area contributed by atoms with Gasteiger partial charge in [-0.15, -0.1) is 0 Å². The molecule has 3 heteroatoms. The lowest BCUT2D eigenvalue weighted by Gasteiger charge is -2.23. The quantitative estimate of drug-likeness (QED) is 0.797. The molecule has 0 N–H and O–H groups in total. The van der Waals surface area contributed by atoms with Crippen LogP contribution in [0.4, 0.5) is 4.39 Å². The summed E-state index contributed by atoms with van der Waals surface area (Å²) in [5.74, 6) is 0.571. The molecular weight excluding hydrogens is 229 g/mol. The average molecular weight is 245 g/mol. The molecule has 1 fully saturated rings. The van der Waals surface area contributed by atoms with Crippen LogP contribution in [-0.2, 0) is 6.42 Å². The van der Waals surface area contributed by atoms with Gasteiger partial charge in [0.15, 0.2) is 0 Å². The molecule has 1 atom stereocenters. The number of benzene rings is 1. The van der Waals surface area contributed by atoms with Crippen LogP contribution in [0.2, 0.25) is 0 Å². The number of rotatable bonds is 2. The molecular formula is C15H16FNO. The van der Waals surface area contributed by atoms with E-state index in [2.05, 4.69) is 6.07 Å². The first-order chi connectivity index (χ1) is 8.71. The number of fused-ring (bicyclic) bond motifs is 1. The SMILES string of the molecule is N#CC1(CC2Cc3cc(F)ccc3O2)CCCC1. The van der Waals surface area contributed by atoms with Crippen molar-refractivity contribution in [2.75, 3.05) is 0 Å². The van der Waals surface area contributed by atoms with E-state index in [0.29, 0.717) is 0 Å². The van der Waals surface area contributed by atoms with Crippen molar-refractivity contribution in [3.63, 3.8) is 0 Å². The topological polar surface area (TPSA) is 33.0 Å². The maximum absolute atomic E-state index is 13.1. The number of nitriles is 1. The molecule has 1 aromatic carbocycles. The fraction of sp³-hybridized carbons (Fsp3) is 0.533.